The van der Waals surface area contributed by atoms with Crippen molar-refractivity contribution in [3.63, 3.8) is 0 Å². The quantitative estimate of drug-likeness (QED) is 0.613. The van der Waals surface area contributed by atoms with Crippen LogP contribution in [-0.2, 0) is 10.0 Å². The SMILES string of the molecule is COc1cccc(NC(=O)c2sccc2S(=O)(=O)N2CCN(c3ccccc3)CC2)c1. The summed E-state index contributed by atoms with van der Waals surface area (Å²) < 4.78 is 33.2. The van der Waals surface area contributed by atoms with Crippen molar-refractivity contribution in [2.75, 3.05) is 43.5 Å². The molecule has 2 heterocycles. The van der Waals surface area contributed by atoms with Crippen LogP contribution in [0.3, 0.4) is 0 Å². The number of piperazine rings is 1. The number of nitrogens with one attached hydrogen (secondary N) is 1. The summed E-state index contributed by atoms with van der Waals surface area (Å²) >= 11 is 1.12. The summed E-state index contributed by atoms with van der Waals surface area (Å²) in [5.41, 5.74) is 1.62. The van der Waals surface area contributed by atoms with E-state index in [1.165, 1.54) is 10.4 Å². The normalized spacial score (nSPS) is 14.9. The van der Waals surface area contributed by atoms with Gasteiger partial charge in [0, 0.05) is 43.6 Å². The van der Waals surface area contributed by atoms with E-state index in [9.17, 15) is 13.2 Å². The maximum atomic E-state index is 13.3. The molecule has 1 aliphatic heterocycles. The van der Waals surface area contributed by atoms with Gasteiger partial charge in [0.25, 0.3) is 5.91 Å². The van der Waals surface area contributed by atoms with E-state index in [1.54, 1.807) is 36.8 Å². The Kier molecular flexibility index (Phi) is 6.26. The largest absolute Gasteiger partial charge is 0.497 e. The smallest absolute Gasteiger partial charge is 0.267 e. The van der Waals surface area contributed by atoms with Gasteiger partial charge in [0.2, 0.25) is 10.0 Å². The van der Waals surface area contributed by atoms with Crippen molar-refractivity contribution in [3.8, 4) is 5.75 Å². The molecule has 0 spiro atoms. The highest BCUT2D eigenvalue weighted by atomic mass is 32.2. The third-order valence-electron chi connectivity index (χ3n) is 5.14. The summed E-state index contributed by atoms with van der Waals surface area (Å²) in [5.74, 6) is 0.151. The summed E-state index contributed by atoms with van der Waals surface area (Å²) in [6, 6.07) is 18.4. The summed E-state index contributed by atoms with van der Waals surface area (Å²) in [6.07, 6.45) is 0. The first kappa shape index (κ1) is 21.4. The number of carbonyl (C=O) groups is 1. The fourth-order valence-corrected chi connectivity index (χ4v) is 6.24. The van der Waals surface area contributed by atoms with E-state index < -0.39 is 15.9 Å². The van der Waals surface area contributed by atoms with Crippen LogP contribution in [0.25, 0.3) is 0 Å². The molecule has 9 heteroatoms. The number of thiophene rings is 1. The Bertz CT molecular complexity index is 1150. The number of benzene rings is 2. The molecule has 0 unspecified atom stereocenters. The lowest BCUT2D eigenvalue weighted by atomic mass is 10.2. The fraction of sp³-hybridized carbons (Fsp3) is 0.227. The zero-order chi connectivity index (χ0) is 21.8. The van der Waals surface area contributed by atoms with Crippen molar-refractivity contribution < 1.29 is 17.9 Å². The van der Waals surface area contributed by atoms with Crippen molar-refractivity contribution in [2.45, 2.75) is 4.90 Å². The van der Waals surface area contributed by atoms with Gasteiger partial charge in [-0.1, -0.05) is 24.3 Å². The molecule has 0 radical (unpaired) electrons. The molecular weight excluding hydrogens is 434 g/mol. The van der Waals surface area contributed by atoms with E-state index in [0.29, 0.717) is 37.6 Å². The van der Waals surface area contributed by atoms with Crippen molar-refractivity contribution in [1.82, 2.24) is 4.31 Å². The Morgan fingerprint density at radius 2 is 1.74 bits per heavy atom. The van der Waals surface area contributed by atoms with Gasteiger partial charge in [0.05, 0.1) is 7.11 Å². The van der Waals surface area contributed by atoms with Crippen molar-refractivity contribution in [3.05, 3.63) is 70.9 Å². The second-order valence-corrected chi connectivity index (χ2v) is 9.85. The fourth-order valence-electron chi connectivity index (χ4n) is 3.52. The van der Waals surface area contributed by atoms with Gasteiger partial charge >= 0.3 is 0 Å². The maximum absolute atomic E-state index is 13.3. The van der Waals surface area contributed by atoms with Gasteiger partial charge in [-0.05, 0) is 35.7 Å². The number of hydrogen-bond acceptors (Lipinski definition) is 6. The van der Waals surface area contributed by atoms with E-state index in [1.807, 2.05) is 30.3 Å². The summed E-state index contributed by atoms with van der Waals surface area (Å²) in [5, 5.41) is 4.40. The molecular formula is C22H23N3O4S2. The molecule has 3 aromatic rings. The molecule has 162 valence electrons. The molecule has 1 aliphatic rings. The first-order chi connectivity index (χ1) is 15.0. The highest BCUT2D eigenvalue weighted by Gasteiger charge is 2.32. The zero-order valence-electron chi connectivity index (χ0n) is 17.0. The number of hydrogen-bond donors (Lipinski definition) is 1. The number of para-hydroxylation sites is 1. The molecule has 0 aliphatic carbocycles. The minimum Gasteiger partial charge on any atom is -0.497 e. The molecule has 0 atom stereocenters. The monoisotopic (exact) mass is 457 g/mol. The van der Waals surface area contributed by atoms with Gasteiger partial charge in [-0.15, -0.1) is 11.3 Å². The molecule has 1 saturated heterocycles. The number of carbonyl (C=O) groups excluding carboxylic acids is 1. The average Bonchev–Trinajstić information content (AvgIpc) is 3.31. The third-order valence-corrected chi connectivity index (χ3v) is 8.12. The van der Waals surface area contributed by atoms with E-state index in [0.717, 1.165) is 17.0 Å². The van der Waals surface area contributed by atoms with Crippen molar-refractivity contribution >= 4 is 38.6 Å². The van der Waals surface area contributed by atoms with Gasteiger partial charge in [0.1, 0.15) is 15.5 Å². The van der Waals surface area contributed by atoms with E-state index in [-0.39, 0.29) is 9.77 Å². The average molecular weight is 458 g/mol. The Labute approximate surface area is 185 Å². The number of sulfonamides is 1. The highest BCUT2D eigenvalue weighted by Crippen LogP contribution is 2.28. The minimum absolute atomic E-state index is 0.0473. The second-order valence-electron chi connectivity index (χ2n) is 7.03. The van der Waals surface area contributed by atoms with Crippen LogP contribution < -0.4 is 15.0 Å². The topological polar surface area (TPSA) is 78.9 Å². The van der Waals surface area contributed by atoms with Crippen molar-refractivity contribution in [2.24, 2.45) is 0 Å². The standard InChI is InChI=1S/C22H23N3O4S2/c1-29-19-9-5-6-17(16-19)23-22(26)21-20(10-15-30-21)31(27,28)25-13-11-24(12-14-25)18-7-3-2-4-8-18/h2-10,15-16H,11-14H2,1H3,(H,23,26). The van der Waals surface area contributed by atoms with Crippen LogP contribution in [0.5, 0.6) is 5.75 Å². The van der Waals surface area contributed by atoms with Gasteiger partial charge in [0.15, 0.2) is 0 Å². The Morgan fingerprint density at radius 1 is 1.00 bits per heavy atom. The van der Waals surface area contributed by atoms with Crippen LogP contribution in [0, 0.1) is 0 Å². The molecule has 4 rings (SSSR count). The van der Waals surface area contributed by atoms with Gasteiger partial charge in [-0.2, -0.15) is 4.31 Å². The third kappa shape index (κ3) is 4.58. The lowest BCUT2D eigenvalue weighted by Crippen LogP contribution is -2.48. The predicted octanol–water partition coefficient (Wildman–Crippen LogP) is 3.52. The molecule has 1 N–H and O–H groups in total. The first-order valence-corrected chi connectivity index (χ1v) is 12.1. The van der Waals surface area contributed by atoms with Gasteiger partial charge in [-0.25, -0.2) is 8.42 Å². The van der Waals surface area contributed by atoms with E-state index in [2.05, 4.69) is 10.2 Å². The maximum Gasteiger partial charge on any atom is 0.267 e. The summed E-state index contributed by atoms with van der Waals surface area (Å²) in [7, 11) is -2.23. The van der Waals surface area contributed by atoms with Crippen LogP contribution >= 0.6 is 11.3 Å². The number of methoxy groups -OCH3 is 1. The molecule has 1 fully saturated rings. The van der Waals surface area contributed by atoms with Gasteiger partial charge < -0.3 is 15.0 Å². The van der Waals surface area contributed by atoms with E-state index >= 15 is 0 Å². The molecule has 2 aromatic carbocycles. The van der Waals surface area contributed by atoms with Crippen LogP contribution in [0.15, 0.2) is 70.9 Å². The summed E-state index contributed by atoms with van der Waals surface area (Å²) in [6.45, 7) is 1.92. The Balaban J connectivity index is 1.48. The second kappa shape index (κ2) is 9.09. The number of amides is 1. The molecule has 1 aromatic heterocycles. The number of nitrogens with zero attached hydrogens (tertiary/aromatic N) is 2. The van der Waals surface area contributed by atoms with Crippen LogP contribution in [0.1, 0.15) is 9.67 Å². The highest BCUT2D eigenvalue weighted by molar-refractivity contribution is 7.89. The zero-order valence-corrected chi connectivity index (χ0v) is 18.7. The molecule has 1 amide bonds. The Hall–Kier alpha value is -2.88. The Morgan fingerprint density at radius 3 is 2.45 bits per heavy atom. The number of ether oxygens (including phenoxy) is 1. The minimum atomic E-state index is -3.77. The van der Waals surface area contributed by atoms with E-state index in [4.69, 9.17) is 4.74 Å². The molecule has 0 saturated carbocycles. The molecule has 0 bridgehead atoms. The van der Waals surface area contributed by atoms with Crippen molar-refractivity contribution in [1.29, 1.82) is 0 Å². The molecule has 31 heavy (non-hydrogen) atoms. The summed E-state index contributed by atoms with van der Waals surface area (Å²) in [4.78, 5) is 15.2. The number of anilines is 2. The van der Waals surface area contributed by atoms with Gasteiger partial charge in [-0.3, -0.25) is 4.79 Å². The predicted molar refractivity (Wildman–Crippen MR) is 123 cm³/mol. The van der Waals surface area contributed by atoms with Crippen LogP contribution in [0.4, 0.5) is 11.4 Å². The first-order valence-electron chi connectivity index (χ1n) is 9.82. The lowest BCUT2D eigenvalue weighted by molar-refractivity contribution is 0.102. The lowest BCUT2D eigenvalue weighted by Gasteiger charge is -2.35. The number of rotatable bonds is 6. The van der Waals surface area contributed by atoms with Crippen LogP contribution in [-0.4, -0.2) is 51.9 Å². The van der Waals surface area contributed by atoms with Crippen LogP contribution in [0.2, 0.25) is 0 Å². The molecule has 7 nitrogen and oxygen atoms in total.